The largest absolute Gasteiger partial charge is 0.463 e. The average Bonchev–Trinajstić information content (AvgIpc) is 3.57. The first-order valence-corrected chi connectivity index (χ1v) is 10.5. The summed E-state index contributed by atoms with van der Waals surface area (Å²) in [5.74, 6) is 0.179. The monoisotopic (exact) mass is 418 g/mol. The molecule has 0 atom stereocenters. The fourth-order valence-electron chi connectivity index (χ4n) is 3.99. The van der Waals surface area contributed by atoms with Gasteiger partial charge in [0.05, 0.1) is 18.2 Å². The maximum Gasteiger partial charge on any atom is 0.229 e. The maximum absolute atomic E-state index is 13.1. The van der Waals surface area contributed by atoms with Crippen molar-refractivity contribution in [2.24, 2.45) is 0 Å². The molecule has 1 saturated heterocycles. The van der Waals surface area contributed by atoms with Gasteiger partial charge in [-0.2, -0.15) is 0 Å². The molecule has 1 aliphatic heterocycles. The van der Waals surface area contributed by atoms with Crippen molar-refractivity contribution in [2.45, 2.75) is 19.3 Å². The Bertz CT molecular complexity index is 1130. The molecule has 158 valence electrons. The first-order valence-electron chi connectivity index (χ1n) is 10.5. The minimum Gasteiger partial charge on any atom is -0.463 e. The van der Waals surface area contributed by atoms with E-state index in [0.717, 1.165) is 26.1 Å². The molecule has 4 heterocycles. The molecule has 8 nitrogen and oxygen atoms in total. The predicted molar refractivity (Wildman–Crippen MR) is 112 cm³/mol. The van der Waals surface area contributed by atoms with Crippen LogP contribution in [0.1, 0.15) is 40.2 Å². The van der Waals surface area contributed by atoms with Gasteiger partial charge in [0, 0.05) is 12.6 Å². The van der Waals surface area contributed by atoms with Gasteiger partial charge in [-0.15, -0.1) is 0 Å². The minimum atomic E-state index is -0.358. The Morgan fingerprint density at radius 3 is 2.16 bits per heavy atom. The summed E-state index contributed by atoms with van der Waals surface area (Å²) in [6.45, 7) is 3.86. The lowest BCUT2D eigenvalue weighted by molar-refractivity contribution is 0.0970. The molecule has 0 spiro atoms. The van der Waals surface area contributed by atoms with Gasteiger partial charge in [0.2, 0.25) is 11.6 Å². The number of likely N-dealkylation sites (tertiary alicyclic amines) is 1. The molecule has 3 aromatic rings. The highest BCUT2D eigenvalue weighted by Gasteiger charge is 2.31. The van der Waals surface area contributed by atoms with Gasteiger partial charge in [-0.3, -0.25) is 9.59 Å². The van der Waals surface area contributed by atoms with Gasteiger partial charge in [-0.05, 0) is 63.2 Å². The molecule has 0 unspecified atom stereocenters. The molecule has 2 aliphatic rings. The van der Waals surface area contributed by atoms with Gasteiger partial charge < -0.3 is 19.1 Å². The molecule has 0 amide bonds. The zero-order valence-corrected chi connectivity index (χ0v) is 17.0. The first-order chi connectivity index (χ1) is 15.2. The Kier molecular flexibility index (Phi) is 5.21. The van der Waals surface area contributed by atoms with Gasteiger partial charge in [-0.1, -0.05) is 0 Å². The SMILES string of the molecule is O=C1C=C(NCCCN2CCCC2)C(=O)c2nc(-c3ccco3)c(-c3ccco3)nc21. The van der Waals surface area contributed by atoms with Crippen molar-refractivity contribution in [1.29, 1.82) is 0 Å². The second-order valence-electron chi connectivity index (χ2n) is 7.65. The second-order valence-corrected chi connectivity index (χ2v) is 7.65. The van der Waals surface area contributed by atoms with Crippen LogP contribution in [0.5, 0.6) is 0 Å². The molecule has 1 N–H and O–H groups in total. The van der Waals surface area contributed by atoms with E-state index in [-0.39, 0.29) is 28.7 Å². The normalized spacial score (nSPS) is 16.5. The number of fused-ring (bicyclic) bond motifs is 1. The van der Waals surface area contributed by atoms with E-state index in [4.69, 9.17) is 8.83 Å². The van der Waals surface area contributed by atoms with Crippen LogP contribution in [0.2, 0.25) is 0 Å². The van der Waals surface area contributed by atoms with Crippen molar-refractivity contribution >= 4 is 11.6 Å². The highest BCUT2D eigenvalue weighted by atomic mass is 16.3. The molecule has 31 heavy (non-hydrogen) atoms. The van der Waals surface area contributed by atoms with Gasteiger partial charge in [-0.25, -0.2) is 9.97 Å². The Balaban J connectivity index is 1.41. The van der Waals surface area contributed by atoms with Crippen LogP contribution < -0.4 is 5.32 Å². The van der Waals surface area contributed by atoms with Crippen molar-refractivity contribution in [3.63, 3.8) is 0 Å². The summed E-state index contributed by atoms with van der Waals surface area (Å²) in [6.07, 6.45) is 7.74. The van der Waals surface area contributed by atoms with Gasteiger partial charge in [0.1, 0.15) is 22.8 Å². The van der Waals surface area contributed by atoms with Gasteiger partial charge in [0.25, 0.3) is 0 Å². The lowest BCUT2D eigenvalue weighted by Crippen LogP contribution is -2.31. The third kappa shape index (κ3) is 3.82. The first kappa shape index (κ1) is 19.4. The molecule has 0 saturated carbocycles. The van der Waals surface area contributed by atoms with Crippen LogP contribution in [-0.4, -0.2) is 52.6 Å². The molecule has 1 fully saturated rings. The Labute approximate surface area is 179 Å². The number of hydrogen-bond acceptors (Lipinski definition) is 8. The Hall–Kier alpha value is -3.52. The predicted octanol–water partition coefficient (Wildman–Crippen LogP) is 3.34. The maximum atomic E-state index is 13.1. The number of aromatic nitrogens is 2. The number of nitrogens with zero attached hydrogens (tertiary/aromatic N) is 3. The van der Waals surface area contributed by atoms with E-state index >= 15 is 0 Å². The summed E-state index contributed by atoms with van der Waals surface area (Å²) in [4.78, 5) is 37.2. The molecule has 5 rings (SSSR count). The van der Waals surface area contributed by atoms with Crippen LogP contribution in [0.15, 0.2) is 57.4 Å². The number of allylic oxidation sites excluding steroid dienone is 2. The van der Waals surface area contributed by atoms with E-state index in [0.29, 0.717) is 29.5 Å². The van der Waals surface area contributed by atoms with Crippen LogP contribution in [0.3, 0.4) is 0 Å². The van der Waals surface area contributed by atoms with E-state index in [2.05, 4.69) is 20.2 Å². The van der Waals surface area contributed by atoms with Gasteiger partial charge in [0.15, 0.2) is 11.5 Å². The third-order valence-electron chi connectivity index (χ3n) is 5.54. The van der Waals surface area contributed by atoms with E-state index < -0.39 is 0 Å². The zero-order valence-electron chi connectivity index (χ0n) is 17.0. The summed E-state index contributed by atoms with van der Waals surface area (Å²) in [7, 11) is 0. The third-order valence-corrected chi connectivity index (χ3v) is 5.54. The minimum absolute atomic E-state index is 0.0225. The number of hydrogen-bond donors (Lipinski definition) is 1. The molecule has 1 aliphatic carbocycles. The van der Waals surface area contributed by atoms with Crippen molar-refractivity contribution in [2.75, 3.05) is 26.2 Å². The summed E-state index contributed by atoms with van der Waals surface area (Å²) in [5.41, 5.74) is 1.01. The number of rotatable bonds is 7. The highest BCUT2D eigenvalue weighted by molar-refractivity contribution is 6.23. The number of Topliss-reactive ketones (excluding diaryl/α,β-unsaturated/α-hetero) is 1. The molecule has 3 aromatic heterocycles. The van der Waals surface area contributed by atoms with Crippen LogP contribution >= 0.6 is 0 Å². The number of carbonyl (C=O) groups excluding carboxylic acids is 2. The number of furan rings is 2. The van der Waals surface area contributed by atoms with E-state index in [1.807, 2.05) is 0 Å². The zero-order chi connectivity index (χ0) is 21.2. The summed E-state index contributed by atoms with van der Waals surface area (Å²) < 4.78 is 11.0. The summed E-state index contributed by atoms with van der Waals surface area (Å²) in [6, 6.07) is 6.90. The highest BCUT2D eigenvalue weighted by Crippen LogP contribution is 2.32. The van der Waals surface area contributed by atoms with E-state index in [9.17, 15) is 9.59 Å². The smallest absolute Gasteiger partial charge is 0.229 e. The average molecular weight is 418 g/mol. The van der Waals surface area contributed by atoms with Gasteiger partial charge >= 0.3 is 0 Å². The van der Waals surface area contributed by atoms with Crippen LogP contribution in [0.4, 0.5) is 0 Å². The van der Waals surface area contributed by atoms with Crippen molar-refractivity contribution in [1.82, 2.24) is 20.2 Å². The lowest BCUT2D eigenvalue weighted by Gasteiger charge is -2.18. The molecule has 0 bridgehead atoms. The molecule has 0 radical (unpaired) electrons. The second kappa shape index (κ2) is 8.31. The quantitative estimate of drug-likeness (QED) is 0.583. The topological polar surface area (TPSA) is 101 Å². The van der Waals surface area contributed by atoms with Crippen LogP contribution in [-0.2, 0) is 0 Å². The number of carbonyl (C=O) groups is 2. The lowest BCUT2D eigenvalue weighted by atomic mass is 10.0. The van der Waals surface area contributed by atoms with Crippen LogP contribution in [0.25, 0.3) is 22.9 Å². The van der Waals surface area contributed by atoms with Crippen molar-refractivity contribution < 1.29 is 18.4 Å². The molecular weight excluding hydrogens is 396 g/mol. The summed E-state index contributed by atoms with van der Waals surface area (Å²) in [5, 5.41) is 3.12. The van der Waals surface area contributed by atoms with Crippen LogP contribution in [0, 0.1) is 0 Å². The number of ketones is 2. The van der Waals surface area contributed by atoms with E-state index in [1.54, 1.807) is 24.3 Å². The fourth-order valence-corrected chi connectivity index (χ4v) is 3.99. The Morgan fingerprint density at radius 2 is 1.55 bits per heavy atom. The summed E-state index contributed by atoms with van der Waals surface area (Å²) >= 11 is 0. The molecular formula is C23H22N4O4. The van der Waals surface area contributed by atoms with E-state index in [1.165, 1.54) is 31.4 Å². The molecule has 8 heteroatoms. The Morgan fingerprint density at radius 1 is 0.903 bits per heavy atom. The van der Waals surface area contributed by atoms with Crippen molar-refractivity contribution in [3.05, 3.63) is 60.0 Å². The number of nitrogens with one attached hydrogen (secondary N) is 1. The van der Waals surface area contributed by atoms with Crippen molar-refractivity contribution in [3.8, 4) is 22.9 Å². The standard InChI is InChI=1S/C23H22N4O4/c28-16-14-15(24-8-5-11-27-9-1-2-10-27)23(29)22-19(16)25-20(17-6-3-12-30-17)21(26-22)18-7-4-13-31-18/h3-4,6-7,12-14,24H,1-2,5,8-11H2. The molecule has 0 aromatic carbocycles. The fraction of sp³-hybridized carbons (Fsp3) is 0.304.